The number of nitrogen functional groups attached to an aromatic ring is 1. The minimum absolute atomic E-state index is 0.206. The summed E-state index contributed by atoms with van der Waals surface area (Å²) in [6, 6.07) is 3.91. The molecule has 0 aliphatic heterocycles. The van der Waals surface area contributed by atoms with E-state index in [0.717, 1.165) is 5.69 Å². The Hall–Kier alpha value is -2.31. The Bertz CT molecular complexity index is 477. The average molecular weight is 233 g/mol. The largest absolute Gasteiger partial charge is 0.368 e. The maximum Gasteiger partial charge on any atom is 0.231 e. The number of aromatic amines is 1. The fourth-order valence-electron chi connectivity index (χ4n) is 1.31. The van der Waals surface area contributed by atoms with Crippen molar-refractivity contribution in [1.82, 2.24) is 19.9 Å². The molecule has 0 aliphatic carbocycles. The number of hydrogen-bond acceptors (Lipinski definition) is 6. The molecule has 4 N–H and O–H groups in total. The average Bonchev–Trinajstić information content (AvgIpc) is 2.78. The predicted molar refractivity (Wildman–Crippen MR) is 66.7 cm³/mol. The molecule has 2 aromatic heterocycles. The van der Waals surface area contributed by atoms with Gasteiger partial charge < -0.3 is 20.9 Å². The molecule has 17 heavy (non-hydrogen) atoms. The van der Waals surface area contributed by atoms with Crippen LogP contribution in [0, 0.1) is 0 Å². The SMILES string of the molecule is CN(C)c1nc(N)nc(NCc2ccc[nH]2)n1. The van der Waals surface area contributed by atoms with Gasteiger partial charge in [-0.05, 0) is 12.1 Å². The lowest BCUT2D eigenvalue weighted by atomic mass is 10.4. The molecular formula is C10H15N7. The topological polar surface area (TPSA) is 95.8 Å². The van der Waals surface area contributed by atoms with Crippen LogP contribution in [0.15, 0.2) is 18.3 Å². The van der Waals surface area contributed by atoms with Gasteiger partial charge in [-0.3, -0.25) is 0 Å². The van der Waals surface area contributed by atoms with E-state index >= 15 is 0 Å². The molecule has 2 heterocycles. The molecule has 0 atom stereocenters. The molecule has 0 saturated carbocycles. The number of aromatic nitrogens is 4. The summed E-state index contributed by atoms with van der Waals surface area (Å²) in [5, 5.41) is 3.08. The lowest BCUT2D eigenvalue weighted by Gasteiger charge is -2.11. The molecular weight excluding hydrogens is 218 g/mol. The Kier molecular flexibility index (Phi) is 3.08. The van der Waals surface area contributed by atoms with Gasteiger partial charge in [0.1, 0.15) is 0 Å². The highest BCUT2D eigenvalue weighted by atomic mass is 15.3. The van der Waals surface area contributed by atoms with Crippen LogP contribution < -0.4 is 16.0 Å². The van der Waals surface area contributed by atoms with Gasteiger partial charge in [0.2, 0.25) is 17.8 Å². The van der Waals surface area contributed by atoms with E-state index in [1.54, 1.807) is 4.90 Å². The molecule has 7 heteroatoms. The van der Waals surface area contributed by atoms with E-state index in [2.05, 4.69) is 25.3 Å². The molecule has 0 aliphatic rings. The molecule has 90 valence electrons. The highest BCUT2D eigenvalue weighted by Crippen LogP contribution is 2.09. The first-order valence-electron chi connectivity index (χ1n) is 5.20. The van der Waals surface area contributed by atoms with Crippen molar-refractivity contribution in [3.8, 4) is 0 Å². The van der Waals surface area contributed by atoms with E-state index in [1.807, 2.05) is 32.4 Å². The highest BCUT2D eigenvalue weighted by Gasteiger charge is 2.05. The molecule has 2 aromatic rings. The maximum atomic E-state index is 5.61. The van der Waals surface area contributed by atoms with E-state index in [0.29, 0.717) is 18.4 Å². The van der Waals surface area contributed by atoms with Gasteiger partial charge in [0, 0.05) is 26.0 Å². The van der Waals surface area contributed by atoms with Crippen molar-refractivity contribution in [2.45, 2.75) is 6.54 Å². The monoisotopic (exact) mass is 233 g/mol. The fraction of sp³-hybridized carbons (Fsp3) is 0.300. The van der Waals surface area contributed by atoms with Crippen LogP contribution in [0.2, 0.25) is 0 Å². The van der Waals surface area contributed by atoms with Gasteiger partial charge in [-0.2, -0.15) is 15.0 Å². The lowest BCUT2D eigenvalue weighted by Crippen LogP contribution is -2.16. The molecule has 0 bridgehead atoms. The standard InChI is InChI=1S/C10H15N7/c1-17(2)10-15-8(11)14-9(16-10)13-6-7-4-3-5-12-7/h3-5,12H,6H2,1-2H3,(H3,11,13,14,15,16). The van der Waals surface area contributed by atoms with Crippen LogP contribution in [-0.2, 0) is 6.54 Å². The first-order chi connectivity index (χ1) is 8.15. The van der Waals surface area contributed by atoms with Gasteiger partial charge in [0.05, 0.1) is 6.54 Å². The molecule has 0 amide bonds. The number of rotatable bonds is 4. The molecule has 0 aromatic carbocycles. The first kappa shape index (κ1) is 11.2. The summed E-state index contributed by atoms with van der Waals surface area (Å²) < 4.78 is 0. The van der Waals surface area contributed by atoms with Gasteiger partial charge >= 0.3 is 0 Å². The van der Waals surface area contributed by atoms with Crippen molar-refractivity contribution in [2.75, 3.05) is 30.0 Å². The maximum absolute atomic E-state index is 5.61. The summed E-state index contributed by atoms with van der Waals surface area (Å²) in [4.78, 5) is 17.1. The predicted octanol–water partition coefficient (Wildman–Crippen LogP) is 0.460. The van der Waals surface area contributed by atoms with Gasteiger partial charge in [0.25, 0.3) is 0 Å². The Labute approximate surface area is 99.1 Å². The molecule has 0 radical (unpaired) electrons. The Morgan fingerprint density at radius 2 is 2.18 bits per heavy atom. The van der Waals surface area contributed by atoms with Crippen LogP contribution in [0.3, 0.4) is 0 Å². The summed E-state index contributed by atoms with van der Waals surface area (Å²) in [6.07, 6.45) is 1.87. The Morgan fingerprint density at radius 1 is 1.35 bits per heavy atom. The zero-order chi connectivity index (χ0) is 12.3. The number of hydrogen-bond donors (Lipinski definition) is 3. The van der Waals surface area contributed by atoms with E-state index in [-0.39, 0.29) is 5.95 Å². The summed E-state index contributed by atoms with van der Waals surface area (Å²) in [6.45, 7) is 0.614. The van der Waals surface area contributed by atoms with Gasteiger partial charge in [-0.25, -0.2) is 0 Å². The smallest absolute Gasteiger partial charge is 0.231 e. The molecule has 0 unspecified atom stereocenters. The lowest BCUT2D eigenvalue weighted by molar-refractivity contribution is 0.943. The zero-order valence-corrected chi connectivity index (χ0v) is 9.81. The second-order valence-corrected chi connectivity index (χ2v) is 3.76. The third kappa shape index (κ3) is 2.83. The molecule has 7 nitrogen and oxygen atoms in total. The van der Waals surface area contributed by atoms with E-state index in [1.165, 1.54) is 0 Å². The van der Waals surface area contributed by atoms with Gasteiger partial charge in [-0.1, -0.05) is 0 Å². The summed E-state index contributed by atoms with van der Waals surface area (Å²) in [5.41, 5.74) is 6.66. The second kappa shape index (κ2) is 4.69. The number of nitrogens with two attached hydrogens (primary N) is 1. The third-order valence-electron chi connectivity index (χ3n) is 2.14. The first-order valence-corrected chi connectivity index (χ1v) is 5.20. The normalized spacial score (nSPS) is 10.2. The minimum Gasteiger partial charge on any atom is -0.368 e. The number of nitrogens with zero attached hydrogens (tertiary/aromatic N) is 4. The zero-order valence-electron chi connectivity index (χ0n) is 9.81. The van der Waals surface area contributed by atoms with Crippen molar-refractivity contribution in [3.05, 3.63) is 24.0 Å². The number of H-pyrrole nitrogens is 1. The molecule has 0 spiro atoms. The van der Waals surface area contributed by atoms with Crippen molar-refractivity contribution in [1.29, 1.82) is 0 Å². The molecule has 2 rings (SSSR count). The third-order valence-corrected chi connectivity index (χ3v) is 2.14. The van der Waals surface area contributed by atoms with Crippen molar-refractivity contribution in [2.24, 2.45) is 0 Å². The summed E-state index contributed by atoms with van der Waals surface area (Å²) in [5.74, 6) is 1.21. The van der Waals surface area contributed by atoms with E-state index in [4.69, 9.17) is 5.73 Å². The molecule has 0 fully saturated rings. The molecule has 0 saturated heterocycles. The quantitative estimate of drug-likeness (QED) is 0.710. The van der Waals surface area contributed by atoms with Crippen molar-refractivity contribution < 1.29 is 0 Å². The highest BCUT2D eigenvalue weighted by molar-refractivity contribution is 5.40. The van der Waals surface area contributed by atoms with Crippen molar-refractivity contribution >= 4 is 17.8 Å². The van der Waals surface area contributed by atoms with Crippen LogP contribution in [-0.4, -0.2) is 34.0 Å². The van der Waals surface area contributed by atoms with Gasteiger partial charge in [0.15, 0.2) is 0 Å². The second-order valence-electron chi connectivity index (χ2n) is 3.76. The Morgan fingerprint density at radius 3 is 2.82 bits per heavy atom. The summed E-state index contributed by atoms with van der Waals surface area (Å²) in [7, 11) is 3.70. The van der Waals surface area contributed by atoms with Crippen LogP contribution >= 0.6 is 0 Å². The van der Waals surface area contributed by atoms with Crippen molar-refractivity contribution in [3.63, 3.8) is 0 Å². The fourth-order valence-corrected chi connectivity index (χ4v) is 1.31. The van der Waals surface area contributed by atoms with Crippen LogP contribution in [0.5, 0.6) is 0 Å². The Balaban J connectivity index is 2.10. The van der Waals surface area contributed by atoms with Crippen LogP contribution in [0.25, 0.3) is 0 Å². The number of anilines is 3. The van der Waals surface area contributed by atoms with Gasteiger partial charge in [-0.15, -0.1) is 0 Å². The van der Waals surface area contributed by atoms with Crippen LogP contribution in [0.1, 0.15) is 5.69 Å². The minimum atomic E-state index is 0.206. The summed E-state index contributed by atoms with van der Waals surface area (Å²) >= 11 is 0. The van der Waals surface area contributed by atoms with E-state index in [9.17, 15) is 0 Å². The van der Waals surface area contributed by atoms with Crippen LogP contribution in [0.4, 0.5) is 17.8 Å². The number of nitrogens with one attached hydrogen (secondary N) is 2. The van der Waals surface area contributed by atoms with E-state index < -0.39 is 0 Å².